The molecule has 9 heteroatoms. The first kappa shape index (κ1) is 21.6. The summed E-state index contributed by atoms with van der Waals surface area (Å²) < 4.78 is 14.9. The standard InChI is InChI=1S/C23H24FN5O3/c24-15-11-12-19-18(14-15)23(31)29-22(26-19)17-9-6-5-8-16(17)21(27-29)25-13-7-3-1-2-4-10-20(30)28-32/h5-6,8-9,11-12,14,32H,1-4,7,10,13H2,(H,25,27)(H,28,30). The molecule has 2 aromatic heterocycles. The van der Waals surface area contributed by atoms with Gasteiger partial charge in [0.1, 0.15) is 5.82 Å². The normalized spacial score (nSPS) is 11.3. The average Bonchev–Trinajstić information content (AvgIpc) is 2.81. The molecule has 0 saturated heterocycles. The Labute approximate surface area is 183 Å². The van der Waals surface area contributed by atoms with Crippen molar-refractivity contribution in [3.63, 3.8) is 0 Å². The van der Waals surface area contributed by atoms with Crippen molar-refractivity contribution in [2.24, 2.45) is 0 Å². The van der Waals surface area contributed by atoms with Gasteiger partial charge in [0.15, 0.2) is 11.5 Å². The van der Waals surface area contributed by atoms with Crippen molar-refractivity contribution in [2.75, 3.05) is 11.9 Å². The van der Waals surface area contributed by atoms with Crippen LogP contribution in [-0.2, 0) is 4.79 Å². The number of amides is 1. The molecule has 0 aliphatic rings. The molecule has 32 heavy (non-hydrogen) atoms. The van der Waals surface area contributed by atoms with Crippen molar-refractivity contribution in [2.45, 2.75) is 38.5 Å². The molecule has 1 amide bonds. The Balaban J connectivity index is 1.53. The molecule has 2 heterocycles. The van der Waals surface area contributed by atoms with E-state index in [4.69, 9.17) is 5.21 Å². The van der Waals surface area contributed by atoms with Gasteiger partial charge in [-0.25, -0.2) is 14.9 Å². The fraction of sp³-hybridized carbons (Fsp3) is 0.304. The maximum absolute atomic E-state index is 13.7. The van der Waals surface area contributed by atoms with E-state index in [0.717, 1.165) is 42.9 Å². The number of halogens is 1. The number of nitrogens with one attached hydrogen (secondary N) is 2. The third-order valence-electron chi connectivity index (χ3n) is 5.43. The summed E-state index contributed by atoms with van der Waals surface area (Å²) in [5, 5.41) is 18.1. The summed E-state index contributed by atoms with van der Waals surface area (Å²) in [7, 11) is 0. The summed E-state index contributed by atoms with van der Waals surface area (Å²) in [6.07, 6.45) is 4.83. The third kappa shape index (κ3) is 4.52. The lowest BCUT2D eigenvalue weighted by molar-refractivity contribution is -0.129. The molecule has 0 bridgehead atoms. The molecule has 2 aromatic carbocycles. The number of nitrogens with zero attached hydrogens (tertiary/aromatic N) is 3. The van der Waals surface area contributed by atoms with Gasteiger partial charge in [0, 0.05) is 23.7 Å². The number of rotatable bonds is 9. The predicted molar refractivity (Wildman–Crippen MR) is 120 cm³/mol. The molecule has 0 saturated carbocycles. The molecule has 0 radical (unpaired) electrons. The van der Waals surface area contributed by atoms with Gasteiger partial charge in [-0.15, -0.1) is 5.10 Å². The number of fused-ring (bicyclic) bond motifs is 4. The van der Waals surface area contributed by atoms with Crippen LogP contribution in [0.5, 0.6) is 0 Å². The first-order chi connectivity index (χ1) is 15.6. The topological polar surface area (TPSA) is 109 Å². The van der Waals surface area contributed by atoms with Crippen LogP contribution in [0.25, 0.3) is 27.3 Å². The molecule has 0 spiro atoms. The number of hydrogen-bond donors (Lipinski definition) is 3. The zero-order valence-corrected chi connectivity index (χ0v) is 17.5. The number of hydroxylamine groups is 1. The molecule has 8 nitrogen and oxygen atoms in total. The molecule has 3 N–H and O–H groups in total. The summed E-state index contributed by atoms with van der Waals surface area (Å²) in [5.41, 5.74) is 2.09. The minimum Gasteiger partial charge on any atom is -0.368 e. The Hall–Kier alpha value is -3.59. The van der Waals surface area contributed by atoms with Crippen molar-refractivity contribution >= 4 is 39.0 Å². The van der Waals surface area contributed by atoms with E-state index in [0.29, 0.717) is 29.9 Å². The van der Waals surface area contributed by atoms with E-state index in [1.54, 1.807) is 5.48 Å². The van der Waals surface area contributed by atoms with Crippen molar-refractivity contribution in [3.8, 4) is 0 Å². The summed E-state index contributed by atoms with van der Waals surface area (Å²) in [6.45, 7) is 0.671. The highest BCUT2D eigenvalue weighted by Gasteiger charge is 2.13. The van der Waals surface area contributed by atoms with Gasteiger partial charge in [0.25, 0.3) is 5.56 Å². The molecular formula is C23H24FN5O3. The van der Waals surface area contributed by atoms with Crippen LogP contribution in [0.4, 0.5) is 10.2 Å². The van der Waals surface area contributed by atoms with Crippen LogP contribution in [0.2, 0.25) is 0 Å². The van der Waals surface area contributed by atoms with Gasteiger partial charge in [-0.1, -0.05) is 43.5 Å². The van der Waals surface area contributed by atoms with E-state index in [1.165, 1.54) is 22.7 Å². The lowest BCUT2D eigenvalue weighted by Gasteiger charge is -2.12. The number of aromatic nitrogens is 3. The van der Waals surface area contributed by atoms with Crippen molar-refractivity contribution in [1.29, 1.82) is 0 Å². The zero-order valence-electron chi connectivity index (χ0n) is 17.5. The summed E-state index contributed by atoms with van der Waals surface area (Å²) in [6, 6.07) is 11.6. The molecular weight excluding hydrogens is 413 g/mol. The van der Waals surface area contributed by atoms with Gasteiger partial charge < -0.3 is 5.32 Å². The van der Waals surface area contributed by atoms with Gasteiger partial charge in [-0.3, -0.25) is 14.8 Å². The van der Waals surface area contributed by atoms with Crippen LogP contribution < -0.4 is 16.4 Å². The van der Waals surface area contributed by atoms with E-state index in [9.17, 15) is 14.0 Å². The van der Waals surface area contributed by atoms with E-state index in [1.807, 2.05) is 24.3 Å². The van der Waals surface area contributed by atoms with Crippen LogP contribution in [0, 0.1) is 5.82 Å². The molecule has 4 aromatic rings. The van der Waals surface area contributed by atoms with E-state index in [2.05, 4.69) is 15.4 Å². The second-order valence-corrected chi connectivity index (χ2v) is 7.69. The first-order valence-electron chi connectivity index (χ1n) is 10.7. The Kier molecular flexibility index (Phi) is 6.55. The van der Waals surface area contributed by atoms with Crippen LogP contribution in [0.15, 0.2) is 47.3 Å². The van der Waals surface area contributed by atoms with Gasteiger partial charge in [-0.05, 0) is 31.0 Å². The lowest BCUT2D eigenvalue weighted by atomic mass is 10.1. The van der Waals surface area contributed by atoms with Crippen LogP contribution in [-0.4, -0.2) is 32.3 Å². The third-order valence-corrected chi connectivity index (χ3v) is 5.43. The largest absolute Gasteiger partial charge is 0.368 e. The number of carbonyl (C=O) groups excluding carboxylic acids is 1. The number of unbranched alkanes of at least 4 members (excludes halogenated alkanes) is 4. The minimum atomic E-state index is -0.493. The Bertz CT molecular complexity index is 1340. The zero-order chi connectivity index (χ0) is 22.5. The van der Waals surface area contributed by atoms with Gasteiger partial charge in [0.2, 0.25) is 5.91 Å². The monoisotopic (exact) mass is 437 g/mol. The van der Waals surface area contributed by atoms with E-state index >= 15 is 0 Å². The first-order valence-corrected chi connectivity index (χ1v) is 10.7. The summed E-state index contributed by atoms with van der Waals surface area (Å²) in [4.78, 5) is 28.6. The average molecular weight is 437 g/mol. The highest BCUT2D eigenvalue weighted by Crippen LogP contribution is 2.25. The number of benzene rings is 2. The highest BCUT2D eigenvalue weighted by molar-refractivity contribution is 6.01. The van der Waals surface area contributed by atoms with E-state index in [-0.39, 0.29) is 11.3 Å². The maximum atomic E-state index is 13.7. The second-order valence-electron chi connectivity index (χ2n) is 7.69. The van der Waals surface area contributed by atoms with Crippen LogP contribution >= 0.6 is 0 Å². The number of carbonyl (C=O) groups is 1. The summed E-state index contributed by atoms with van der Waals surface area (Å²) in [5.74, 6) is -0.277. The quantitative estimate of drug-likeness (QED) is 0.121. The number of hydrogen-bond acceptors (Lipinski definition) is 6. The Morgan fingerprint density at radius 3 is 2.56 bits per heavy atom. The molecule has 4 rings (SSSR count). The molecule has 0 fully saturated rings. The van der Waals surface area contributed by atoms with Crippen molar-refractivity contribution in [3.05, 3.63) is 58.6 Å². The molecule has 166 valence electrons. The fourth-order valence-electron chi connectivity index (χ4n) is 3.79. The van der Waals surface area contributed by atoms with Gasteiger partial charge >= 0.3 is 0 Å². The van der Waals surface area contributed by atoms with Crippen molar-refractivity contribution < 1.29 is 14.4 Å². The maximum Gasteiger partial charge on any atom is 0.282 e. The highest BCUT2D eigenvalue weighted by atomic mass is 19.1. The van der Waals surface area contributed by atoms with Gasteiger partial charge in [0.05, 0.1) is 10.9 Å². The van der Waals surface area contributed by atoms with E-state index < -0.39 is 11.4 Å². The minimum absolute atomic E-state index is 0.186. The smallest absolute Gasteiger partial charge is 0.282 e. The molecule has 0 unspecified atom stereocenters. The Morgan fingerprint density at radius 1 is 1.00 bits per heavy atom. The fourth-order valence-corrected chi connectivity index (χ4v) is 3.79. The molecule has 0 aliphatic heterocycles. The van der Waals surface area contributed by atoms with Crippen molar-refractivity contribution in [1.82, 2.24) is 20.1 Å². The SMILES string of the molecule is O=C(CCCCCCCNc1nn2c(=O)c3cc(F)ccc3nc2c2ccccc12)NO. The summed E-state index contributed by atoms with van der Waals surface area (Å²) >= 11 is 0. The number of anilines is 1. The van der Waals surface area contributed by atoms with Crippen LogP contribution in [0.1, 0.15) is 38.5 Å². The second kappa shape index (κ2) is 9.69. The predicted octanol–water partition coefficient (Wildman–Crippen LogP) is 3.79. The molecule has 0 atom stereocenters. The lowest BCUT2D eigenvalue weighted by Crippen LogP contribution is -2.20. The van der Waals surface area contributed by atoms with Crippen LogP contribution in [0.3, 0.4) is 0 Å². The van der Waals surface area contributed by atoms with Gasteiger partial charge in [-0.2, -0.15) is 4.52 Å². The molecule has 0 aliphatic carbocycles. The Morgan fingerprint density at radius 2 is 1.75 bits per heavy atom.